The number of fused-ring (bicyclic) bond motifs is 1. The molecule has 0 atom stereocenters. The number of pyridine rings is 1. The van der Waals surface area contributed by atoms with Gasteiger partial charge in [-0.25, -0.2) is 4.98 Å². The molecule has 0 saturated carbocycles. The molecule has 3 rings (SSSR count). The fourth-order valence-corrected chi connectivity index (χ4v) is 2.35. The van der Waals surface area contributed by atoms with E-state index in [1.165, 1.54) is 0 Å². The molecule has 2 aromatic heterocycles. The van der Waals surface area contributed by atoms with Crippen LogP contribution in [0.2, 0.25) is 0 Å². The fourth-order valence-electron chi connectivity index (χ4n) is 2.35. The minimum atomic E-state index is 0.362. The average molecular weight is 295 g/mol. The monoisotopic (exact) mass is 295 g/mol. The lowest BCUT2D eigenvalue weighted by Gasteiger charge is -2.10. The van der Waals surface area contributed by atoms with Gasteiger partial charge in [0.05, 0.1) is 11.4 Å². The highest BCUT2D eigenvalue weighted by atomic mass is 16.5. The molecule has 5 heteroatoms. The first-order valence-corrected chi connectivity index (χ1v) is 7.17. The first-order chi connectivity index (χ1) is 10.8. The predicted octanol–water partition coefficient (Wildman–Crippen LogP) is 3.50. The van der Waals surface area contributed by atoms with Crippen molar-refractivity contribution in [2.24, 2.45) is 5.16 Å². The van der Waals surface area contributed by atoms with Gasteiger partial charge in [-0.3, -0.25) is 0 Å². The van der Waals surface area contributed by atoms with Crippen molar-refractivity contribution in [1.82, 2.24) is 9.38 Å². The van der Waals surface area contributed by atoms with Crippen LogP contribution in [0, 0.1) is 0 Å². The van der Waals surface area contributed by atoms with Gasteiger partial charge in [-0.1, -0.05) is 30.3 Å². The molecule has 0 fully saturated rings. The number of imidazole rings is 1. The van der Waals surface area contributed by atoms with E-state index in [4.69, 9.17) is 9.94 Å². The molecule has 0 aliphatic heterocycles. The Morgan fingerprint density at radius 1 is 1.23 bits per heavy atom. The Balaban J connectivity index is 1.82. The number of rotatable bonds is 5. The summed E-state index contributed by atoms with van der Waals surface area (Å²) >= 11 is 0. The molecule has 5 nitrogen and oxygen atoms in total. The lowest BCUT2D eigenvalue weighted by Crippen LogP contribution is -2.04. The zero-order valence-electron chi connectivity index (χ0n) is 12.3. The third-order valence-electron chi connectivity index (χ3n) is 3.44. The van der Waals surface area contributed by atoms with Gasteiger partial charge in [-0.15, -0.1) is 0 Å². The Hall–Kier alpha value is -2.82. The molecule has 0 saturated heterocycles. The van der Waals surface area contributed by atoms with Crippen LogP contribution in [0.4, 0.5) is 0 Å². The molecule has 1 N–H and O–H groups in total. The molecule has 2 heterocycles. The van der Waals surface area contributed by atoms with E-state index in [1.54, 1.807) is 0 Å². The topological polar surface area (TPSA) is 59.1 Å². The Bertz CT molecular complexity index is 775. The molecule has 0 amide bonds. The van der Waals surface area contributed by atoms with E-state index in [9.17, 15) is 0 Å². The summed E-state index contributed by atoms with van der Waals surface area (Å²) in [6.45, 7) is 2.30. The zero-order valence-corrected chi connectivity index (χ0v) is 12.3. The lowest BCUT2D eigenvalue weighted by atomic mass is 10.1. The molecule has 0 unspecified atom stereocenters. The summed E-state index contributed by atoms with van der Waals surface area (Å²) in [6.07, 6.45) is 4.53. The van der Waals surface area contributed by atoms with E-state index in [1.807, 2.05) is 66.2 Å². The number of para-hydroxylation sites is 1. The molecule has 0 aliphatic carbocycles. The quantitative estimate of drug-likeness (QED) is 0.445. The number of hydrogen-bond acceptors (Lipinski definition) is 4. The predicted molar refractivity (Wildman–Crippen MR) is 84.6 cm³/mol. The highest BCUT2D eigenvalue weighted by molar-refractivity contribution is 6.02. The summed E-state index contributed by atoms with van der Waals surface area (Å²) in [4.78, 5) is 4.50. The van der Waals surface area contributed by atoms with Crippen LogP contribution >= 0.6 is 0 Å². The molecule has 22 heavy (non-hydrogen) atoms. The van der Waals surface area contributed by atoms with Gasteiger partial charge in [0.15, 0.2) is 0 Å². The van der Waals surface area contributed by atoms with Gasteiger partial charge in [0, 0.05) is 18.0 Å². The van der Waals surface area contributed by atoms with Gasteiger partial charge in [0.1, 0.15) is 18.0 Å². The maximum Gasteiger partial charge on any atom is 0.137 e. The largest absolute Gasteiger partial charge is 0.487 e. The highest BCUT2D eigenvalue weighted by Crippen LogP contribution is 2.21. The number of oxime groups is 1. The summed E-state index contributed by atoms with van der Waals surface area (Å²) in [5.74, 6) is 0.689. The van der Waals surface area contributed by atoms with Crippen molar-refractivity contribution >= 4 is 11.4 Å². The van der Waals surface area contributed by atoms with Crippen molar-refractivity contribution in [1.29, 1.82) is 0 Å². The Labute approximate surface area is 128 Å². The van der Waals surface area contributed by atoms with Gasteiger partial charge < -0.3 is 14.3 Å². The van der Waals surface area contributed by atoms with Gasteiger partial charge >= 0.3 is 0 Å². The van der Waals surface area contributed by atoms with Crippen LogP contribution in [0.25, 0.3) is 5.65 Å². The smallest absolute Gasteiger partial charge is 0.137 e. The van der Waals surface area contributed by atoms with E-state index in [0.29, 0.717) is 24.5 Å². The first-order valence-electron chi connectivity index (χ1n) is 7.17. The van der Waals surface area contributed by atoms with Crippen molar-refractivity contribution in [3.63, 3.8) is 0 Å². The van der Waals surface area contributed by atoms with E-state index >= 15 is 0 Å². The van der Waals surface area contributed by atoms with Crippen LogP contribution in [0.1, 0.15) is 24.6 Å². The normalized spacial score (nSPS) is 11.8. The van der Waals surface area contributed by atoms with Crippen LogP contribution in [0.5, 0.6) is 5.75 Å². The number of ether oxygens (including phenoxy) is 1. The van der Waals surface area contributed by atoms with Crippen LogP contribution in [-0.4, -0.2) is 20.3 Å². The Kier molecular flexibility index (Phi) is 4.05. The van der Waals surface area contributed by atoms with Crippen LogP contribution in [0.15, 0.2) is 60.0 Å². The third kappa shape index (κ3) is 2.79. The molecule has 0 aliphatic rings. The molecule has 0 bridgehead atoms. The highest BCUT2D eigenvalue weighted by Gasteiger charge is 2.10. The number of hydrogen-bond donors (Lipinski definition) is 1. The SMILES string of the molecule is CC/C(=N\O)c1ccccc1OCc1cn2ccccc2n1. The van der Waals surface area contributed by atoms with Crippen LogP contribution in [0.3, 0.4) is 0 Å². The summed E-state index contributed by atoms with van der Waals surface area (Å²) < 4.78 is 7.83. The minimum Gasteiger partial charge on any atom is -0.487 e. The second-order valence-corrected chi connectivity index (χ2v) is 4.88. The summed E-state index contributed by atoms with van der Waals surface area (Å²) in [7, 11) is 0. The third-order valence-corrected chi connectivity index (χ3v) is 3.44. The number of aromatic nitrogens is 2. The second kappa shape index (κ2) is 6.30. The van der Waals surface area contributed by atoms with Crippen LogP contribution in [-0.2, 0) is 6.61 Å². The van der Waals surface area contributed by atoms with Crippen molar-refractivity contribution in [3.05, 3.63) is 66.1 Å². The first kappa shape index (κ1) is 14.1. The molecule has 112 valence electrons. The molecule has 3 aromatic rings. The van der Waals surface area contributed by atoms with E-state index in [2.05, 4.69) is 10.1 Å². The molecule has 0 spiro atoms. The number of nitrogens with zero attached hydrogens (tertiary/aromatic N) is 3. The summed E-state index contributed by atoms with van der Waals surface area (Å²) in [5, 5.41) is 12.4. The summed E-state index contributed by atoms with van der Waals surface area (Å²) in [6, 6.07) is 13.4. The van der Waals surface area contributed by atoms with Crippen LogP contribution < -0.4 is 4.74 Å². The van der Waals surface area contributed by atoms with Crippen molar-refractivity contribution in [3.8, 4) is 5.75 Å². The maximum atomic E-state index is 9.10. The Morgan fingerprint density at radius 3 is 2.82 bits per heavy atom. The van der Waals surface area contributed by atoms with Gasteiger partial charge in [0.25, 0.3) is 0 Å². The van der Waals surface area contributed by atoms with E-state index in [0.717, 1.165) is 16.9 Å². The molecule has 0 radical (unpaired) electrons. The van der Waals surface area contributed by atoms with E-state index in [-0.39, 0.29) is 0 Å². The fraction of sp³-hybridized carbons (Fsp3) is 0.176. The number of benzene rings is 1. The van der Waals surface area contributed by atoms with E-state index < -0.39 is 0 Å². The second-order valence-electron chi connectivity index (χ2n) is 4.88. The molecule has 1 aromatic carbocycles. The van der Waals surface area contributed by atoms with Gasteiger partial charge in [-0.05, 0) is 30.7 Å². The molecular weight excluding hydrogens is 278 g/mol. The minimum absolute atomic E-state index is 0.362. The van der Waals surface area contributed by atoms with Crippen molar-refractivity contribution in [2.75, 3.05) is 0 Å². The zero-order chi connectivity index (χ0) is 15.4. The molecular formula is C17H17N3O2. The Morgan fingerprint density at radius 2 is 2.05 bits per heavy atom. The van der Waals surface area contributed by atoms with Crippen molar-refractivity contribution in [2.45, 2.75) is 20.0 Å². The lowest BCUT2D eigenvalue weighted by molar-refractivity contribution is 0.299. The maximum absolute atomic E-state index is 9.10. The average Bonchev–Trinajstić information content (AvgIpc) is 2.98. The summed E-state index contributed by atoms with van der Waals surface area (Å²) in [5.41, 5.74) is 3.14. The van der Waals surface area contributed by atoms with Crippen molar-refractivity contribution < 1.29 is 9.94 Å². The van der Waals surface area contributed by atoms with Gasteiger partial charge in [-0.2, -0.15) is 0 Å². The van der Waals surface area contributed by atoms with Gasteiger partial charge in [0.2, 0.25) is 0 Å². The standard InChI is InChI=1S/C17H17N3O2/c1-2-15(19-21)14-7-3-4-8-16(14)22-12-13-11-20-10-6-5-9-17(20)18-13/h3-11,21H,2,12H2,1H3/b19-15+.